The van der Waals surface area contributed by atoms with E-state index in [1.165, 1.54) is 18.1 Å². The van der Waals surface area contributed by atoms with E-state index in [0.717, 1.165) is 31.4 Å². The number of nitrogens with zero attached hydrogens (tertiary/aromatic N) is 1. The van der Waals surface area contributed by atoms with Crippen molar-refractivity contribution >= 4 is 17.5 Å². The number of aromatic nitrogens is 2. The first-order chi connectivity index (χ1) is 15.6. The highest BCUT2D eigenvalue weighted by atomic mass is 16.5. The second kappa shape index (κ2) is 7.37. The number of hydrogen-bond acceptors (Lipinski definition) is 5. The van der Waals surface area contributed by atoms with Crippen LogP contribution in [0.3, 0.4) is 0 Å². The Morgan fingerprint density at radius 3 is 2.76 bits per heavy atom. The molecular formula is C27H32N2O4. The van der Waals surface area contributed by atoms with Gasteiger partial charge in [0.25, 0.3) is 0 Å². The van der Waals surface area contributed by atoms with Gasteiger partial charge in [-0.05, 0) is 62.0 Å². The van der Waals surface area contributed by atoms with Crippen molar-refractivity contribution < 1.29 is 19.1 Å². The van der Waals surface area contributed by atoms with Crippen LogP contribution in [0.1, 0.15) is 65.0 Å². The van der Waals surface area contributed by atoms with Gasteiger partial charge in [0.15, 0.2) is 18.2 Å². The van der Waals surface area contributed by atoms with Gasteiger partial charge in [-0.1, -0.05) is 37.1 Å². The number of Topliss-reactive ketones (excluding diaryl/α,β-unsaturated/α-hetero) is 1. The third-order valence-corrected chi connectivity index (χ3v) is 9.59. The van der Waals surface area contributed by atoms with Gasteiger partial charge in [0.2, 0.25) is 0 Å². The third-order valence-electron chi connectivity index (χ3n) is 9.59. The fourth-order valence-corrected chi connectivity index (χ4v) is 7.52. The van der Waals surface area contributed by atoms with Gasteiger partial charge in [0.05, 0.1) is 6.33 Å². The van der Waals surface area contributed by atoms with Gasteiger partial charge in [0.1, 0.15) is 0 Å². The van der Waals surface area contributed by atoms with Crippen LogP contribution in [0, 0.1) is 28.1 Å². The van der Waals surface area contributed by atoms with Crippen LogP contribution in [-0.4, -0.2) is 34.1 Å². The maximum absolute atomic E-state index is 13.7. The molecule has 0 saturated heterocycles. The normalized spacial score (nSPS) is 39.2. The lowest BCUT2D eigenvalue weighted by molar-refractivity contribution is -0.152. The van der Waals surface area contributed by atoms with Gasteiger partial charge >= 0.3 is 5.97 Å². The highest BCUT2D eigenvalue weighted by Gasteiger charge is 2.67. The molecule has 174 valence electrons. The predicted molar refractivity (Wildman–Crippen MR) is 123 cm³/mol. The monoisotopic (exact) mass is 448 g/mol. The second-order valence-electron chi connectivity index (χ2n) is 10.8. The Hall–Kier alpha value is -2.76. The van der Waals surface area contributed by atoms with Crippen molar-refractivity contribution in [3.05, 3.63) is 53.7 Å². The fourth-order valence-electron chi connectivity index (χ4n) is 7.52. The van der Waals surface area contributed by atoms with Gasteiger partial charge in [0, 0.05) is 35.6 Å². The summed E-state index contributed by atoms with van der Waals surface area (Å²) >= 11 is 0. The number of carbonyl (C=O) groups excluding carboxylic acids is 3. The number of ketones is 2. The predicted octanol–water partition coefficient (Wildman–Crippen LogP) is 4.47. The maximum atomic E-state index is 13.7. The number of aromatic amines is 1. The Morgan fingerprint density at radius 1 is 1.27 bits per heavy atom. The van der Waals surface area contributed by atoms with Gasteiger partial charge in [-0.15, -0.1) is 0 Å². The molecule has 6 atom stereocenters. The van der Waals surface area contributed by atoms with Crippen LogP contribution in [0.5, 0.6) is 0 Å². The van der Waals surface area contributed by atoms with Crippen molar-refractivity contribution in [2.75, 3.05) is 6.61 Å². The van der Waals surface area contributed by atoms with Crippen LogP contribution in [-0.2, 0) is 19.1 Å². The zero-order chi connectivity index (χ0) is 23.6. The lowest BCUT2D eigenvalue weighted by atomic mass is 9.49. The summed E-state index contributed by atoms with van der Waals surface area (Å²) in [7, 11) is 0. The van der Waals surface area contributed by atoms with Crippen molar-refractivity contribution in [1.29, 1.82) is 0 Å². The molecule has 0 aromatic carbocycles. The van der Waals surface area contributed by atoms with Crippen molar-refractivity contribution in [1.82, 2.24) is 9.97 Å². The minimum absolute atomic E-state index is 0.0232. The Bertz CT molecular complexity index is 1110. The van der Waals surface area contributed by atoms with E-state index in [1.54, 1.807) is 12.4 Å². The molecule has 0 aliphatic heterocycles. The molecule has 2 fully saturated rings. The van der Waals surface area contributed by atoms with E-state index in [9.17, 15) is 14.4 Å². The van der Waals surface area contributed by atoms with E-state index < -0.39 is 11.4 Å². The summed E-state index contributed by atoms with van der Waals surface area (Å²) in [6.45, 7) is 7.69. The summed E-state index contributed by atoms with van der Waals surface area (Å²) in [4.78, 5) is 44.8. The first-order valence-corrected chi connectivity index (χ1v) is 11.9. The average Bonchev–Trinajstić information content (AvgIpc) is 3.38. The summed E-state index contributed by atoms with van der Waals surface area (Å²) in [5.41, 5.74) is 2.38. The molecule has 0 spiro atoms. The molecule has 0 radical (unpaired) electrons. The van der Waals surface area contributed by atoms with Crippen molar-refractivity contribution in [2.24, 2.45) is 28.1 Å². The topological polar surface area (TPSA) is 89.1 Å². The van der Waals surface area contributed by atoms with Crippen LogP contribution in [0.4, 0.5) is 0 Å². The van der Waals surface area contributed by atoms with E-state index >= 15 is 0 Å². The molecular weight excluding hydrogens is 416 g/mol. The van der Waals surface area contributed by atoms with E-state index in [4.69, 9.17) is 4.74 Å². The number of imidazole rings is 1. The first-order valence-electron chi connectivity index (χ1n) is 11.9. The van der Waals surface area contributed by atoms with Gasteiger partial charge in [-0.3, -0.25) is 14.4 Å². The van der Waals surface area contributed by atoms with Crippen LogP contribution >= 0.6 is 0 Å². The minimum Gasteiger partial charge on any atom is -0.458 e. The number of ether oxygens (including phenoxy) is 1. The Labute approximate surface area is 194 Å². The lowest BCUT2D eigenvalue weighted by Gasteiger charge is -2.54. The second-order valence-corrected chi connectivity index (χ2v) is 10.8. The largest absolute Gasteiger partial charge is 0.458 e. The van der Waals surface area contributed by atoms with E-state index in [2.05, 4.69) is 42.9 Å². The standard InChI is InChI=1S/C27H32N2O4/c1-16(30)33-14-24(32)27(4)22(23-13-28-15-29-23)12-21-19-6-5-17-11-18(31)7-9-25(17,2)20(19)8-10-26(21,27)3/h7-9,11,13,15,19,21-22H,5-6,10,12,14H2,1-4H3,(H,28,29)/t19?,21?,22-,25-,26-,27+/m0/s1. The molecule has 2 saturated carbocycles. The number of hydrogen-bond donors (Lipinski definition) is 1. The fraction of sp³-hybridized carbons (Fsp3) is 0.556. The molecule has 6 nitrogen and oxygen atoms in total. The number of fused-ring (bicyclic) bond motifs is 5. The van der Waals surface area contributed by atoms with Crippen LogP contribution in [0.2, 0.25) is 0 Å². The molecule has 6 heteroatoms. The van der Waals surface area contributed by atoms with Gasteiger partial charge in [-0.25, -0.2) is 4.98 Å². The summed E-state index contributed by atoms with van der Waals surface area (Å²) in [5.74, 6) is 0.239. The third kappa shape index (κ3) is 2.99. The molecule has 0 bridgehead atoms. The zero-order valence-electron chi connectivity index (χ0n) is 19.8. The van der Waals surface area contributed by atoms with Crippen molar-refractivity contribution in [3.63, 3.8) is 0 Å². The van der Waals surface area contributed by atoms with Crippen molar-refractivity contribution in [3.8, 4) is 0 Å². The molecule has 1 aromatic rings. The van der Waals surface area contributed by atoms with E-state index in [-0.39, 0.29) is 34.9 Å². The van der Waals surface area contributed by atoms with Gasteiger partial charge in [-0.2, -0.15) is 0 Å². The highest BCUT2D eigenvalue weighted by molar-refractivity contribution is 6.01. The number of allylic oxidation sites excluding steroid dienone is 6. The zero-order valence-corrected chi connectivity index (χ0v) is 19.8. The first kappa shape index (κ1) is 22.1. The minimum atomic E-state index is -0.697. The molecule has 5 rings (SSSR count). The molecule has 2 unspecified atom stereocenters. The van der Waals surface area contributed by atoms with Crippen LogP contribution in [0.15, 0.2) is 48.0 Å². The van der Waals surface area contributed by atoms with E-state index in [1.807, 2.05) is 12.3 Å². The Kier molecular flexibility index (Phi) is 4.93. The quantitative estimate of drug-likeness (QED) is 0.542. The van der Waals surface area contributed by atoms with Crippen LogP contribution in [0.25, 0.3) is 0 Å². The molecule has 1 aromatic heterocycles. The number of rotatable bonds is 4. The van der Waals surface area contributed by atoms with Crippen LogP contribution < -0.4 is 0 Å². The molecule has 4 aliphatic carbocycles. The highest BCUT2D eigenvalue weighted by Crippen LogP contribution is 2.71. The Morgan fingerprint density at radius 2 is 2.06 bits per heavy atom. The summed E-state index contributed by atoms with van der Waals surface area (Å²) in [5, 5.41) is 0. The molecule has 0 amide bonds. The summed E-state index contributed by atoms with van der Waals surface area (Å²) < 4.78 is 5.20. The summed E-state index contributed by atoms with van der Waals surface area (Å²) in [6.07, 6.45) is 15.0. The smallest absolute Gasteiger partial charge is 0.303 e. The number of carbonyl (C=O) groups is 3. The van der Waals surface area contributed by atoms with E-state index in [0.29, 0.717) is 11.8 Å². The van der Waals surface area contributed by atoms with Crippen molar-refractivity contribution in [2.45, 2.75) is 59.3 Å². The Balaban J connectivity index is 1.58. The molecule has 4 aliphatic rings. The SMILES string of the molecule is CC(=O)OCC(=O)[C@@]1(C)[C@H](c2cnc[nH]2)CC2C3CCC4=CC(=O)C=C[C@]4(C)C3=CC[C@@]21C. The molecule has 1 N–H and O–H groups in total. The average molecular weight is 449 g/mol. The number of esters is 1. The lowest BCUT2D eigenvalue weighted by Crippen LogP contribution is -2.51. The van der Waals surface area contributed by atoms with Gasteiger partial charge < -0.3 is 9.72 Å². The maximum Gasteiger partial charge on any atom is 0.303 e. The molecule has 1 heterocycles. The number of nitrogens with one attached hydrogen (secondary N) is 1. The number of H-pyrrole nitrogens is 1. The summed E-state index contributed by atoms with van der Waals surface area (Å²) in [6, 6.07) is 0. The molecule has 33 heavy (non-hydrogen) atoms.